The summed E-state index contributed by atoms with van der Waals surface area (Å²) in [5, 5.41) is 4.78. The summed E-state index contributed by atoms with van der Waals surface area (Å²) in [6.45, 7) is 1.49. The molecule has 1 N–H and O–H groups in total. The fourth-order valence-electron chi connectivity index (χ4n) is 1.77. The van der Waals surface area contributed by atoms with Crippen LogP contribution in [0.4, 0.5) is 5.69 Å². The van der Waals surface area contributed by atoms with Crippen LogP contribution in [0.25, 0.3) is 10.8 Å². The van der Waals surface area contributed by atoms with E-state index in [0.29, 0.717) is 0 Å². The van der Waals surface area contributed by atoms with Gasteiger partial charge in [-0.15, -0.1) is 0 Å². The number of anilines is 1. The van der Waals surface area contributed by atoms with E-state index >= 15 is 0 Å². The SMILES string of the molecule is COc1cccc2cccc(NC(C)=O)c12. The molecule has 3 nitrogen and oxygen atoms in total. The number of methoxy groups -OCH3 is 1. The monoisotopic (exact) mass is 215 g/mol. The first-order valence-electron chi connectivity index (χ1n) is 5.05. The van der Waals surface area contributed by atoms with E-state index in [1.165, 1.54) is 6.92 Å². The number of hydrogen-bond acceptors (Lipinski definition) is 2. The van der Waals surface area contributed by atoms with E-state index in [1.54, 1.807) is 7.11 Å². The van der Waals surface area contributed by atoms with Crippen molar-refractivity contribution in [3.63, 3.8) is 0 Å². The topological polar surface area (TPSA) is 38.3 Å². The third-order valence-corrected chi connectivity index (χ3v) is 2.40. The largest absolute Gasteiger partial charge is 0.496 e. The van der Waals surface area contributed by atoms with E-state index in [4.69, 9.17) is 4.74 Å². The van der Waals surface area contributed by atoms with Crippen LogP contribution in [0.3, 0.4) is 0 Å². The second-order valence-electron chi connectivity index (χ2n) is 3.55. The minimum Gasteiger partial charge on any atom is -0.496 e. The molecule has 0 aliphatic carbocycles. The summed E-state index contributed by atoms with van der Waals surface area (Å²) < 4.78 is 5.30. The standard InChI is InChI=1S/C13H13NO2/c1-9(15)14-11-7-3-5-10-6-4-8-12(16-2)13(10)11/h3-8H,1-2H3,(H,14,15). The lowest BCUT2D eigenvalue weighted by Crippen LogP contribution is -2.06. The lowest BCUT2D eigenvalue weighted by atomic mass is 10.1. The molecule has 2 aromatic rings. The van der Waals surface area contributed by atoms with E-state index in [2.05, 4.69) is 5.32 Å². The number of carbonyl (C=O) groups is 1. The molecule has 2 aromatic carbocycles. The van der Waals surface area contributed by atoms with Crippen molar-refractivity contribution in [1.82, 2.24) is 0 Å². The molecule has 0 saturated carbocycles. The van der Waals surface area contributed by atoms with Gasteiger partial charge in [0.15, 0.2) is 0 Å². The molecule has 0 aromatic heterocycles. The van der Waals surface area contributed by atoms with E-state index in [0.717, 1.165) is 22.2 Å². The number of carbonyl (C=O) groups excluding carboxylic acids is 1. The van der Waals surface area contributed by atoms with Gasteiger partial charge < -0.3 is 10.1 Å². The van der Waals surface area contributed by atoms with Crippen molar-refractivity contribution in [3.05, 3.63) is 36.4 Å². The van der Waals surface area contributed by atoms with Crippen LogP contribution in [-0.2, 0) is 4.79 Å². The molecule has 0 saturated heterocycles. The normalized spacial score (nSPS) is 10.1. The van der Waals surface area contributed by atoms with Crippen molar-refractivity contribution in [2.24, 2.45) is 0 Å². The predicted octanol–water partition coefficient (Wildman–Crippen LogP) is 2.81. The average molecular weight is 215 g/mol. The fourth-order valence-corrected chi connectivity index (χ4v) is 1.77. The summed E-state index contributed by atoms with van der Waals surface area (Å²) in [5.74, 6) is 0.681. The zero-order valence-corrected chi connectivity index (χ0v) is 9.28. The van der Waals surface area contributed by atoms with Gasteiger partial charge in [0.25, 0.3) is 0 Å². The first-order chi connectivity index (χ1) is 7.72. The van der Waals surface area contributed by atoms with Gasteiger partial charge in [-0.05, 0) is 17.5 Å². The van der Waals surface area contributed by atoms with Crippen LogP contribution >= 0.6 is 0 Å². The lowest BCUT2D eigenvalue weighted by Gasteiger charge is -2.10. The third-order valence-electron chi connectivity index (χ3n) is 2.40. The molecule has 3 heteroatoms. The van der Waals surface area contributed by atoms with Gasteiger partial charge in [0, 0.05) is 12.3 Å². The maximum absolute atomic E-state index is 11.1. The second kappa shape index (κ2) is 4.23. The lowest BCUT2D eigenvalue weighted by molar-refractivity contribution is -0.114. The molecule has 0 heterocycles. The van der Waals surface area contributed by atoms with Gasteiger partial charge in [-0.25, -0.2) is 0 Å². The molecular weight excluding hydrogens is 202 g/mol. The Morgan fingerprint density at radius 2 is 1.88 bits per heavy atom. The number of rotatable bonds is 2. The Hall–Kier alpha value is -2.03. The smallest absolute Gasteiger partial charge is 0.221 e. The van der Waals surface area contributed by atoms with Gasteiger partial charge in [-0.1, -0.05) is 24.3 Å². The second-order valence-corrected chi connectivity index (χ2v) is 3.55. The number of ether oxygens (including phenoxy) is 1. The van der Waals surface area contributed by atoms with Crippen LogP contribution in [0.1, 0.15) is 6.92 Å². The highest BCUT2D eigenvalue weighted by atomic mass is 16.5. The summed E-state index contributed by atoms with van der Waals surface area (Å²) >= 11 is 0. The molecule has 2 rings (SSSR count). The first kappa shape index (κ1) is 10.5. The third kappa shape index (κ3) is 1.84. The Labute approximate surface area is 94.0 Å². The highest BCUT2D eigenvalue weighted by molar-refractivity contribution is 6.04. The van der Waals surface area contributed by atoms with Crippen LogP contribution in [0, 0.1) is 0 Å². The maximum Gasteiger partial charge on any atom is 0.221 e. The van der Waals surface area contributed by atoms with Crippen LogP contribution < -0.4 is 10.1 Å². The molecule has 0 fully saturated rings. The maximum atomic E-state index is 11.1. The van der Waals surface area contributed by atoms with Gasteiger partial charge in [0.05, 0.1) is 12.8 Å². The quantitative estimate of drug-likeness (QED) is 0.836. The highest BCUT2D eigenvalue weighted by Crippen LogP contribution is 2.31. The number of nitrogens with one attached hydrogen (secondary N) is 1. The zero-order valence-electron chi connectivity index (χ0n) is 9.28. The summed E-state index contributed by atoms with van der Waals surface area (Å²) in [4.78, 5) is 11.1. The minimum atomic E-state index is -0.0848. The minimum absolute atomic E-state index is 0.0848. The van der Waals surface area contributed by atoms with E-state index < -0.39 is 0 Å². The Kier molecular flexibility index (Phi) is 2.77. The van der Waals surface area contributed by atoms with Crippen LogP contribution in [0.15, 0.2) is 36.4 Å². The number of fused-ring (bicyclic) bond motifs is 1. The fraction of sp³-hybridized carbons (Fsp3) is 0.154. The van der Waals surface area contributed by atoms with E-state index in [-0.39, 0.29) is 5.91 Å². The van der Waals surface area contributed by atoms with Crippen molar-refractivity contribution >= 4 is 22.4 Å². The summed E-state index contributed by atoms with van der Waals surface area (Å²) in [6.07, 6.45) is 0. The van der Waals surface area contributed by atoms with Crippen LogP contribution in [-0.4, -0.2) is 13.0 Å². The molecule has 0 spiro atoms. The Morgan fingerprint density at radius 3 is 2.50 bits per heavy atom. The number of hydrogen-bond donors (Lipinski definition) is 1. The molecule has 0 radical (unpaired) electrons. The van der Waals surface area contributed by atoms with Crippen LogP contribution in [0.2, 0.25) is 0 Å². The molecule has 16 heavy (non-hydrogen) atoms. The zero-order chi connectivity index (χ0) is 11.5. The van der Waals surface area contributed by atoms with Crippen molar-refractivity contribution in [1.29, 1.82) is 0 Å². The van der Waals surface area contributed by atoms with E-state index in [1.807, 2.05) is 36.4 Å². The van der Waals surface area contributed by atoms with Crippen molar-refractivity contribution in [3.8, 4) is 5.75 Å². The molecule has 0 bridgehead atoms. The molecule has 0 atom stereocenters. The molecule has 0 aliphatic heterocycles. The molecule has 0 unspecified atom stereocenters. The highest BCUT2D eigenvalue weighted by Gasteiger charge is 2.07. The van der Waals surface area contributed by atoms with Gasteiger partial charge >= 0.3 is 0 Å². The van der Waals surface area contributed by atoms with Crippen molar-refractivity contribution in [2.45, 2.75) is 6.92 Å². The molecule has 0 aliphatic rings. The van der Waals surface area contributed by atoms with Gasteiger partial charge in [-0.3, -0.25) is 4.79 Å². The molecular formula is C13H13NO2. The van der Waals surface area contributed by atoms with Crippen molar-refractivity contribution < 1.29 is 9.53 Å². The Morgan fingerprint density at radius 1 is 1.19 bits per heavy atom. The number of benzene rings is 2. The first-order valence-corrected chi connectivity index (χ1v) is 5.05. The Bertz CT molecular complexity index is 529. The Balaban J connectivity index is 2.68. The van der Waals surface area contributed by atoms with Crippen LogP contribution in [0.5, 0.6) is 5.75 Å². The van der Waals surface area contributed by atoms with Crippen molar-refractivity contribution in [2.75, 3.05) is 12.4 Å². The molecule has 82 valence electrons. The van der Waals surface area contributed by atoms with E-state index in [9.17, 15) is 4.79 Å². The summed E-state index contributed by atoms with van der Waals surface area (Å²) in [7, 11) is 1.62. The van der Waals surface area contributed by atoms with Gasteiger partial charge in [0.1, 0.15) is 5.75 Å². The van der Waals surface area contributed by atoms with Gasteiger partial charge in [0.2, 0.25) is 5.91 Å². The van der Waals surface area contributed by atoms with Gasteiger partial charge in [-0.2, -0.15) is 0 Å². The number of amides is 1. The predicted molar refractivity (Wildman–Crippen MR) is 64.8 cm³/mol. The molecule has 1 amide bonds. The average Bonchev–Trinajstić information content (AvgIpc) is 2.28. The summed E-state index contributed by atoms with van der Waals surface area (Å²) in [6, 6.07) is 11.6. The summed E-state index contributed by atoms with van der Waals surface area (Å²) in [5.41, 5.74) is 0.780.